The van der Waals surface area contributed by atoms with Gasteiger partial charge in [0, 0.05) is 12.1 Å². The van der Waals surface area contributed by atoms with Crippen LogP contribution in [0.25, 0.3) is 0 Å². The summed E-state index contributed by atoms with van der Waals surface area (Å²) < 4.78 is 5.10. The van der Waals surface area contributed by atoms with E-state index >= 15 is 0 Å². The molecule has 13 heavy (non-hydrogen) atoms. The summed E-state index contributed by atoms with van der Waals surface area (Å²) >= 11 is 0. The van der Waals surface area contributed by atoms with Crippen LogP contribution < -0.4 is 0 Å². The molecule has 0 amide bonds. The summed E-state index contributed by atoms with van der Waals surface area (Å²) in [7, 11) is 2.12. The second-order valence-electron chi connectivity index (χ2n) is 3.54. The zero-order valence-corrected chi connectivity index (χ0v) is 8.92. The Kier molecular flexibility index (Phi) is 3.48. The van der Waals surface area contributed by atoms with Crippen molar-refractivity contribution in [3.05, 3.63) is 17.0 Å². The molecule has 3 heteroatoms. The molecule has 0 radical (unpaired) electrons. The molecule has 1 heterocycles. The van der Waals surface area contributed by atoms with Gasteiger partial charge in [-0.3, -0.25) is 0 Å². The quantitative estimate of drug-likeness (QED) is 0.714. The van der Waals surface area contributed by atoms with Crippen LogP contribution >= 0.6 is 0 Å². The van der Waals surface area contributed by atoms with Crippen LogP contribution in [0.3, 0.4) is 0 Å². The van der Waals surface area contributed by atoms with Crippen molar-refractivity contribution in [2.45, 2.75) is 33.7 Å². The third-order valence-electron chi connectivity index (χ3n) is 2.21. The Labute approximate surface area is 79.7 Å². The van der Waals surface area contributed by atoms with E-state index in [2.05, 4.69) is 24.0 Å². The van der Waals surface area contributed by atoms with Crippen LogP contribution in [0.2, 0.25) is 0 Å². The second-order valence-corrected chi connectivity index (χ2v) is 3.54. The van der Waals surface area contributed by atoms with E-state index in [4.69, 9.17) is 4.52 Å². The zero-order chi connectivity index (χ0) is 9.84. The highest BCUT2D eigenvalue weighted by molar-refractivity contribution is 5.20. The van der Waals surface area contributed by atoms with Gasteiger partial charge in [-0.05, 0) is 33.9 Å². The maximum atomic E-state index is 5.10. The van der Waals surface area contributed by atoms with Crippen molar-refractivity contribution < 1.29 is 4.52 Å². The summed E-state index contributed by atoms with van der Waals surface area (Å²) in [4.78, 5) is 2.28. The van der Waals surface area contributed by atoms with Crippen LogP contribution in [-0.2, 0) is 6.54 Å². The van der Waals surface area contributed by atoms with E-state index in [0.717, 1.165) is 24.5 Å². The van der Waals surface area contributed by atoms with Crippen LogP contribution in [0.1, 0.15) is 30.4 Å². The third-order valence-corrected chi connectivity index (χ3v) is 2.21. The summed E-state index contributed by atoms with van der Waals surface area (Å²) in [6.45, 7) is 8.20. The van der Waals surface area contributed by atoms with E-state index in [-0.39, 0.29) is 0 Å². The Bertz CT molecular complexity index is 248. The lowest BCUT2D eigenvalue weighted by Crippen LogP contribution is -2.19. The first kappa shape index (κ1) is 10.3. The fourth-order valence-corrected chi connectivity index (χ4v) is 1.46. The molecular weight excluding hydrogens is 164 g/mol. The van der Waals surface area contributed by atoms with Gasteiger partial charge in [-0.15, -0.1) is 0 Å². The maximum Gasteiger partial charge on any atom is 0.138 e. The summed E-state index contributed by atoms with van der Waals surface area (Å²) in [5.41, 5.74) is 2.25. The summed E-state index contributed by atoms with van der Waals surface area (Å²) in [5, 5.41) is 3.93. The predicted molar refractivity (Wildman–Crippen MR) is 52.6 cm³/mol. The minimum atomic E-state index is 0.939. The van der Waals surface area contributed by atoms with Gasteiger partial charge in [0.05, 0.1) is 5.69 Å². The molecule has 0 unspecified atom stereocenters. The molecule has 1 rings (SSSR count). The van der Waals surface area contributed by atoms with E-state index < -0.39 is 0 Å². The molecule has 0 aromatic carbocycles. The standard InChI is InChI=1S/C10H18N2O/c1-5-6-12(4)7-10-8(2)11-13-9(10)3/h5-7H2,1-4H3. The number of nitrogens with zero attached hydrogens (tertiary/aromatic N) is 2. The Morgan fingerprint density at radius 2 is 2.08 bits per heavy atom. The topological polar surface area (TPSA) is 29.3 Å². The van der Waals surface area contributed by atoms with Gasteiger partial charge in [0.25, 0.3) is 0 Å². The maximum absolute atomic E-state index is 5.10. The smallest absolute Gasteiger partial charge is 0.138 e. The van der Waals surface area contributed by atoms with E-state index in [1.165, 1.54) is 12.0 Å². The molecule has 1 aromatic heterocycles. The Hall–Kier alpha value is -0.830. The normalized spacial score (nSPS) is 11.2. The number of aryl methyl sites for hydroxylation is 2. The molecule has 0 saturated carbocycles. The van der Waals surface area contributed by atoms with Crippen LogP contribution in [0.5, 0.6) is 0 Å². The van der Waals surface area contributed by atoms with Crippen molar-refractivity contribution in [2.75, 3.05) is 13.6 Å². The van der Waals surface area contributed by atoms with Crippen LogP contribution in [-0.4, -0.2) is 23.6 Å². The lowest BCUT2D eigenvalue weighted by Gasteiger charge is -2.14. The molecule has 0 fully saturated rings. The Morgan fingerprint density at radius 3 is 2.54 bits per heavy atom. The SMILES string of the molecule is CCCN(C)Cc1c(C)noc1C. The predicted octanol–water partition coefficient (Wildman–Crippen LogP) is 2.13. The zero-order valence-electron chi connectivity index (χ0n) is 8.92. The van der Waals surface area contributed by atoms with Crippen LogP contribution in [0.15, 0.2) is 4.52 Å². The van der Waals surface area contributed by atoms with Gasteiger partial charge >= 0.3 is 0 Å². The van der Waals surface area contributed by atoms with E-state index in [0.29, 0.717) is 0 Å². The number of rotatable bonds is 4. The average molecular weight is 182 g/mol. The van der Waals surface area contributed by atoms with Crippen LogP contribution in [0.4, 0.5) is 0 Å². The average Bonchev–Trinajstić information content (AvgIpc) is 2.36. The number of aromatic nitrogens is 1. The second kappa shape index (κ2) is 4.42. The van der Waals surface area contributed by atoms with Crippen molar-refractivity contribution in [3.63, 3.8) is 0 Å². The molecule has 0 aliphatic rings. The minimum absolute atomic E-state index is 0.939. The number of hydrogen-bond acceptors (Lipinski definition) is 3. The molecule has 0 saturated heterocycles. The molecular formula is C10H18N2O. The monoisotopic (exact) mass is 182 g/mol. The molecule has 3 nitrogen and oxygen atoms in total. The van der Waals surface area contributed by atoms with E-state index in [1.807, 2.05) is 13.8 Å². The molecule has 1 aromatic rings. The number of hydrogen-bond donors (Lipinski definition) is 0. The highest BCUT2D eigenvalue weighted by Gasteiger charge is 2.10. The summed E-state index contributed by atoms with van der Waals surface area (Å²) in [6, 6.07) is 0. The van der Waals surface area contributed by atoms with Crippen molar-refractivity contribution >= 4 is 0 Å². The van der Waals surface area contributed by atoms with Gasteiger partial charge in [0.1, 0.15) is 5.76 Å². The third kappa shape index (κ3) is 2.56. The highest BCUT2D eigenvalue weighted by atomic mass is 16.5. The van der Waals surface area contributed by atoms with Crippen LogP contribution in [0, 0.1) is 13.8 Å². The van der Waals surface area contributed by atoms with Gasteiger partial charge in [-0.1, -0.05) is 12.1 Å². The summed E-state index contributed by atoms with van der Waals surface area (Å²) in [5.74, 6) is 0.945. The first-order chi connectivity index (χ1) is 6.15. The molecule has 0 aliphatic heterocycles. The summed E-state index contributed by atoms with van der Waals surface area (Å²) in [6.07, 6.45) is 1.18. The van der Waals surface area contributed by atoms with Gasteiger partial charge in [-0.25, -0.2) is 0 Å². The van der Waals surface area contributed by atoms with Gasteiger partial charge in [-0.2, -0.15) is 0 Å². The van der Waals surface area contributed by atoms with Crippen molar-refractivity contribution in [3.8, 4) is 0 Å². The highest BCUT2D eigenvalue weighted by Crippen LogP contribution is 2.13. The largest absolute Gasteiger partial charge is 0.361 e. The lowest BCUT2D eigenvalue weighted by molar-refractivity contribution is 0.323. The fourth-order valence-electron chi connectivity index (χ4n) is 1.46. The molecule has 0 aliphatic carbocycles. The molecule has 0 N–H and O–H groups in total. The van der Waals surface area contributed by atoms with E-state index in [1.54, 1.807) is 0 Å². The molecule has 0 atom stereocenters. The van der Waals surface area contributed by atoms with Gasteiger partial charge in [0.2, 0.25) is 0 Å². The molecule has 0 spiro atoms. The molecule has 0 bridgehead atoms. The first-order valence-electron chi connectivity index (χ1n) is 4.75. The minimum Gasteiger partial charge on any atom is -0.361 e. The first-order valence-corrected chi connectivity index (χ1v) is 4.75. The molecule has 74 valence electrons. The van der Waals surface area contributed by atoms with Gasteiger partial charge in [0.15, 0.2) is 0 Å². The van der Waals surface area contributed by atoms with Crippen molar-refractivity contribution in [1.82, 2.24) is 10.1 Å². The Balaban J connectivity index is 2.62. The Morgan fingerprint density at radius 1 is 1.38 bits per heavy atom. The van der Waals surface area contributed by atoms with E-state index in [9.17, 15) is 0 Å². The van der Waals surface area contributed by atoms with Crippen molar-refractivity contribution in [2.24, 2.45) is 0 Å². The van der Waals surface area contributed by atoms with Crippen molar-refractivity contribution in [1.29, 1.82) is 0 Å². The lowest BCUT2D eigenvalue weighted by atomic mass is 10.2. The van der Waals surface area contributed by atoms with Gasteiger partial charge < -0.3 is 9.42 Å². The fraction of sp³-hybridized carbons (Fsp3) is 0.700.